The third-order valence-corrected chi connectivity index (χ3v) is 5.26. The summed E-state index contributed by atoms with van der Waals surface area (Å²) in [5.74, 6) is 0.834. The molecule has 1 heterocycles. The molecule has 0 saturated carbocycles. The van der Waals surface area contributed by atoms with E-state index >= 15 is 0 Å². The number of hydrogen-bond donors (Lipinski definition) is 2. The number of anilines is 1. The fourth-order valence-electron chi connectivity index (χ4n) is 2.89. The summed E-state index contributed by atoms with van der Waals surface area (Å²) in [6.07, 6.45) is 10.6. The number of nitrogens with one attached hydrogen (secondary N) is 2. The van der Waals surface area contributed by atoms with Crippen molar-refractivity contribution < 1.29 is 0 Å². The molecule has 0 unspecified atom stereocenters. The van der Waals surface area contributed by atoms with Gasteiger partial charge in [-0.25, -0.2) is 0 Å². The second kappa shape index (κ2) is 8.63. The predicted octanol–water partition coefficient (Wildman–Crippen LogP) is 4.59. The van der Waals surface area contributed by atoms with Gasteiger partial charge in [-0.3, -0.25) is 9.89 Å². The van der Waals surface area contributed by atoms with Gasteiger partial charge in [-0.2, -0.15) is 0 Å². The second-order valence-corrected chi connectivity index (χ2v) is 7.37. The molecule has 1 aliphatic heterocycles. The highest BCUT2D eigenvalue weighted by Gasteiger charge is 2.22. The highest BCUT2D eigenvalue weighted by Crippen LogP contribution is 2.23. The third kappa shape index (κ3) is 4.70. The summed E-state index contributed by atoms with van der Waals surface area (Å²) in [6.45, 7) is 3.74. The van der Waals surface area contributed by atoms with Gasteiger partial charge in [0.05, 0.1) is 6.54 Å². The largest absolute Gasteiger partial charge is 0.332 e. The van der Waals surface area contributed by atoms with E-state index in [4.69, 9.17) is 12.2 Å². The van der Waals surface area contributed by atoms with E-state index in [0.717, 1.165) is 54.9 Å². The van der Waals surface area contributed by atoms with Gasteiger partial charge in [-0.05, 0) is 55.3 Å². The van der Waals surface area contributed by atoms with Gasteiger partial charge in [0.2, 0.25) is 5.96 Å². The van der Waals surface area contributed by atoms with Gasteiger partial charge in [0, 0.05) is 22.4 Å². The van der Waals surface area contributed by atoms with Crippen molar-refractivity contribution in [2.45, 2.75) is 32.6 Å². The fourth-order valence-corrected chi connectivity index (χ4v) is 3.76. The lowest BCUT2D eigenvalue weighted by Gasteiger charge is -2.24. The molecule has 132 valence electrons. The van der Waals surface area contributed by atoms with Crippen LogP contribution in [0.15, 0.2) is 51.6 Å². The Morgan fingerprint density at radius 1 is 1.40 bits per heavy atom. The van der Waals surface area contributed by atoms with Crippen LogP contribution >= 0.6 is 28.1 Å². The quantitative estimate of drug-likeness (QED) is 0.701. The molecule has 0 atom stereocenters. The minimum Gasteiger partial charge on any atom is -0.332 e. The van der Waals surface area contributed by atoms with Crippen LogP contribution in [0.4, 0.5) is 5.69 Å². The second-order valence-electron chi connectivity index (χ2n) is 6.13. The summed E-state index contributed by atoms with van der Waals surface area (Å²) < 4.78 is 1.12. The lowest BCUT2D eigenvalue weighted by atomic mass is 10.1. The first-order valence-corrected chi connectivity index (χ1v) is 9.91. The molecule has 0 spiro atoms. The van der Waals surface area contributed by atoms with Crippen LogP contribution in [-0.2, 0) is 6.42 Å². The zero-order valence-electron chi connectivity index (χ0n) is 14.4. The first-order chi connectivity index (χ1) is 12.2. The van der Waals surface area contributed by atoms with Crippen molar-refractivity contribution in [3.8, 4) is 0 Å². The lowest BCUT2D eigenvalue weighted by Crippen LogP contribution is -2.44. The van der Waals surface area contributed by atoms with Crippen LogP contribution in [0.1, 0.15) is 31.7 Å². The van der Waals surface area contributed by atoms with Crippen LogP contribution in [0.25, 0.3) is 0 Å². The molecule has 1 aromatic carbocycles. The molecule has 0 radical (unpaired) electrons. The first-order valence-electron chi connectivity index (χ1n) is 8.71. The molecule has 0 amide bonds. The van der Waals surface area contributed by atoms with Gasteiger partial charge < -0.3 is 10.6 Å². The SMILES string of the molecule is CCCc1ccc(NC(=S)N2CCN=C2NC2=CC=CCC2)cc1Br. The van der Waals surface area contributed by atoms with E-state index in [-0.39, 0.29) is 0 Å². The van der Waals surface area contributed by atoms with Crippen molar-refractivity contribution in [1.29, 1.82) is 0 Å². The van der Waals surface area contributed by atoms with Crippen LogP contribution in [0, 0.1) is 0 Å². The lowest BCUT2D eigenvalue weighted by molar-refractivity contribution is 0.652. The molecular weight excluding hydrogens is 396 g/mol. The highest BCUT2D eigenvalue weighted by molar-refractivity contribution is 9.10. The number of guanidine groups is 1. The fraction of sp³-hybridized carbons (Fsp3) is 0.368. The monoisotopic (exact) mass is 418 g/mol. The Balaban J connectivity index is 1.64. The number of allylic oxidation sites excluding steroid dienone is 4. The van der Waals surface area contributed by atoms with Crippen molar-refractivity contribution in [2.75, 3.05) is 18.4 Å². The summed E-state index contributed by atoms with van der Waals surface area (Å²) in [5, 5.41) is 7.43. The number of aliphatic imine (C=N–C) groups is 1. The minimum atomic E-state index is 0.672. The first kappa shape index (κ1) is 18.1. The van der Waals surface area contributed by atoms with Crippen molar-refractivity contribution in [2.24, 2.45) is 4.99 Å². The molecular formula is C19H23BrN4S. The van der Waals surface area contributed by atoms with Crippen molar-refractivity contribution in [1.82, 2.24) is 10.2 Å². The topological polar surface area (TPSA) is 39.7 Å². The van der Waals surface area contributed by atoms with Crippen LogP contribution in [0.2, 0.25) is 0 Å². The number of rotatable bonds is 4. The summed E-state index contributed by atoms with van der Waals surface area (Å²) >= 11 is 9.27. The number of halogens is 1. The van der Waals surface area contributed by atoms with E-state index in [9.17, 15) is 0 Å². The van der Waals surface area contributed by atoms with Gasteiger partial charge in [-0.1, -0.05) is 47.5 Å². The van der Waals surface area contributed by atoms with E-state index in [1.165, 1.54) is 11.3 Å². The molecule has 6 heteroatoms. The molecule has 3 rings (SSSR count). The van der Waals surface area contributed by atoms with E-state index in [1.807, 2.05) is 4.90 Å². The molecule has 0 bridgehead atoms. The summed E-state index contributed by atoms with van der Waals surface area (Å²) in [6, 6.07) is 6.32. The zero-order valence-corrected chi connectivity index (χ0v) is 16.8. The van der Waals surface area contributed by atoms with Crippen LogP contribution in [0.5, 0.6) is 0 Å². The van der Waals surface area contributed by atoms with Gasteiger partial charge in [0.25, 0.3) is 0 Å². The Morgan fingerprint density at radius 3 is 3.00 bits per heavy atom. The maximum Gasteiger partial charge on any atom is 0.204 e. The predicted molar refractivity (Wildman–Crippen MR) is 113 cm³/mol. The maximum atomic E-state index is 5.61. The minimum absolute atomic E-state index is 0.672. The normalized spacial score (nSPS) is 16.5. The average Bonchev–Trinajstić information content (AvgIpc) is 3.06. The molecule has 0 aromatic heterocycles. The van der Waals surface area contributed by atoms with E-state index in [1.54, 1.807) is 0 Å². The molecule has 1 aliphatic carbocycles. The van der Waals surface area contributed by atoms with Crippen LogP contribution in [0.3, 0.4) is 0 Å². The Hall–Kier alpha value is -1.66. The number of nitrogens with zero attached hydrogens (tertiary/aromatic N) is 2. The highest BCUT2D eigenvalue weighted by atomic mass is 79.9. The molecule has 25 heavy (non-hydrogen) atoms. The Morgan fingerprint density at radius 2 is 2.28 bits per heavy atom. The van der Waals surface area contributed by atoms with Gasteiger partial charge in [-0.15, -0.1) is 0 Å². The van der Waals surface area contributed by atoms with E-state index in [0.29, 0.717) is 5.11 Å². The molecule has 0 saturated heterocycles. The summed E-state index contributed by atoms with van der Waals surface area (Å²) in [4.78, 5) is 6.59. The van der Waals surface area contributed by atoms with Gasteiger partial charge in [0.15, 0.2) is 5.11 Å². The Labute approximate surface area is 163 Å². The van der Waals surface area contributed by atoms with E-state index < -0.39 is 0 Å². The van der Waals surface area contributed by atoms with Crippen molar-refractivity contribution >= 4 is 44.9 Å². The Bertz CT molecular complexity index is 739. The molecule has 2 N–H and O–H groups in total. The number of aryl methyl sites for hydroxylation is 1. The van der Waals surface area contributed by atoms with Crippen LogP contribution < -0.4 is 10.6 Å². The smallest absolute Gasteiger partial charge is 0.204 e. The van der Waals surface area contributed by atoms with Gasteiger partial charge in [0.1, 0.15) is 0 Å². The van der Waals surface area contributed by atoms with Gasteiger partial charge >= 0.3 is 0 Å². The maximum absolute atomic E-state index is 5.61. The summed E-state index contributed by atoms with van der Waals surface area (Å²) in [5.41, 5.74) is 3.49. The standard InChI is InChI=1S/C19H23BrN4S/c1-2-6-14-9-10-16(13-17(14)20)23-19(25)24-12-11-21-18(24)22-15-7-4-3-5-8-15/h3-4,7,9-10,13H,2,5-6,8,11-12H2,1H3,(H,21,22)(H,23,25). The Kier molecular flexibility index (Phi) is 6.26. The molecule has 4 nitrogen and oxygen atoms in total. The molecule has 0 fully saturated rings. The zero-order chi connectivity index (χ0) is 17.6. The van der Waals surface area contributed by atoms with Crippen LogP contribution in [-0.4, -0.2) is 29.1 Å². The third-order valence-electron chi connectivity index (χ3n) is 4.20. The number of benzene rings is 1. The van der Waals surface area contributed by atoms with Crippen molar-refractivity contribution in [3.05, 3.63) is 52.2 Å². The summed E-state index contributed by atoms with van der Waals surface area (Å²) in [7, 11) is 0. The van der Waals surface area contributed by atoms with E-state index in [2.05, 4.69) is 74.9 Å². The molecule has 1 aromatic rings. The average molecular weight is 419 g/mol. The number of thiocarbonyl (C=S) groups is 1. The molecule has 2 aliphatic rings. The number of hydrogen-bond acceptors (Lipinski definition) is 3. The van der Waals surface area contributed by atoms with Crippen molar-refractivity contribution in [3.63, 3.8) is 0 Å².